The van der Waals surface area contributed by atoms with Gasteiger partial charge in [-0.25, -0.2) is 4.98 Å². The van der Waals surface area contributed by atoms with Crippen molar-refractivity contribution in [2.75, 3.05) is 29.9 Å². The molecule has 0 bridgehead atoms. The van der Waals surface area contributed by atoms with Crippen molar-refractivity contribution in [3.8, 4) is 0 Å². The lowest BCUT2D eigenvalue weighted by molar-refractivity contribution is 0.904. The van der Waals surface area contributed by atoms with Gasteiger partial charge in [0, 0.05) is 31.4 Å². The van der Waals surface area contributed by atoms with Gasteiger partial charge >= 0.3 is 0 Å². The van der Waals surface area contributed by atoms with Crippen LogP contribution < -0.4 is 10.2 Å². The lowest BCUT2D eigenvalue weighted by atomic mass is 10.4. The molecule has 4 nitrogen and oxygen atoms in total. The second-order valence-corrected chi connectivity index (χ2v) is 4.31. The van der Waals surface area contributed by atoms with Crippen LogP contribution in [0.1, 0.15) is 31.9 Å². The molecule has 0 aromatic carbocycles. The number of hydrogen-bond donors (Lipinski definition) is 1. The number of aryl methyl sites for hydroxylation is 1. The summed E-state index contributed by atoms with van der Waals surface area (Å²) in [5.41, 5.74) is 1.04. The molecule has 1 aromatic heterocycles. The van der Waals surface area contributed by atoms with Crippen molar-refractivity contribution >= 4 is 11.8 Å². The van der Waals surface area contributed by atoms with E-state index in [1.807, 2.05) is 6.92 Å². The minimum Gasteiger partial charge on any atom is -0.356 e. The molecule has 2 heterocycles. The van der Waals surface area contributed by atoms with Gasteiger partial charge in [-0.1, -0.05) is 6.92 Å². The van der Waals surface area contributed by atoms with Crippen LogP contribution in [-0.4, -0.2) is 29.6 Å². The summed E-state index contributed by atoms with van der Waals surface area (Å²) in [5, 5.41) is 3.25. The van der Waals surface area contributed by atoms with Crippen molar-refractivity contribution in [2.45, 2.75) is 33.1 Å². The van der Waals surface area contributed by atoms with Gasteiger partial charge in [0.25, 0.3) is 0 Å². The van der Waals surface area contributed by atoms with E-state index in [0.29, 0.717) is 0 Å². The first-order valence-corrected chi connectivity index (χ1v) is 6.14. The van der Waals surface area contributed by atoms with E-state index < -0.39 is 0 Å². The van der Waals surface area contributed by atoms with E-state index >= 15 is 0 Å². The summed E-state index contributed by atoms with van der Waals surface area (Å²) in [6.45, 7) is 7.36. The molecule has 1 aliphatic heterocycles. The van der Waals surface area contributed by atoms with Crippen molar-refractivity contribution in [1.82, 2.24) is 9.97 Å². The lowest BCUT2D eigenvalue weighted by Crippen LogP contribution is -2.20. The molecular weight excluding hydrogens is 200 g/mol. The number of nitrogens with one attached hydrogen (secondary N) is 1. The fourth-order valence-corrected chi connectivity index (χ4v) is 1.98. The second kappa shape index (κ2) is 5.14. The van der Waals surface area contributed by atoms with Crippen molar-refractivity contribution in [2.24, 2.45) is 0 Å². The third-order valence-corrected chi connectivity index (χ3v) is 2.80. The Balaban J connectivity index is 2.14. The predicted octanol–water partition coefficient (Wildman–Crippen LogP) is 2.21. The van der Waals surface area contributed by atoms with Crippen LogP contribution in [0.4, 0.5) is 11.8 Å². The molecule has 0 saturated carbocycles. The zero-order valence-corrected chi connectivity index (χ0v) is 10.2. The lowest BCUT2D eigenvalue weighted by Gasteiger charge is -2.17. The highest BCUT2D eigenvalue weighted by atomic mass is 15.2. The Bertz CT molecular complexity index is 345. The fraction of sp³-hybridized carbons (Fsp3) is 0.667. The van der Waals surface area contributed by atoms with Gasteiger partial charge in [0.15, 0.2) is 0 Å². The molecule has 1 aliphatic rings. The molecule has 1 aromatic rings. The summed E-state index contributed by atoms with van der Waals surface area (Å²) in [6, 6.07) is 2.07. The topological polar surface area (TPSA) is 41.1 Å². The van der Waals surface area contributed by atoms with E-state index in [0.717, 1.165) is 43.5 Å². The molecule has 2 rings (SSSR count). The summed E-state index contributed by atoms with van der Waals surface area (Å²) in [6.07, 6.45) is 3.65. The van der Waals surface area contributed by atoms with E-state index in [1.165, 1.54) is 12.8 Å². The SMILES string of the molecule is CCCNc1nc(C)cc(N2CCCC2)n1. The van der Waals surface area contributed by atoms with E-state index in [2.05, 4.69) is 33.2 Å². The summed E-state index contributed by atoms with van der Waals surface area (Å²) >= 11 is 0. The predicted molar refractivity (Wildman–Crippen MR) is 67.0 cm³/mol. The summed E-state index contributed by atoms with van der Waals surface area (Å²) in [4.78, 5) is 11.3. The minimum absolute atomic E-state index is 0.767. The smallest absolute Gasteiger partial charge is 0.224 e. The van der Waals surface area contributed by atoms with Crippen LogP contribution in [0.25, 0.3) is 0 Å². The van der Waals surface area contributed by atoms with Crippen LogP contribution in [0, 0.1) is 6.92 Å². The summed E-state index contributed by atoms with van der Waals surface area (Å²) < 4.78 is 0. The number of nitrogens with zero attached hydrogens (tertiary/aromatic N) is 3. The number of anilines is 2. The molecule has 1 saturated heterocycles. The molecule has 4 heteroatoms. The van der Waals surface area contributed by atoms with Crippen molar-refractivity contribution in [3.63, 3.8) is 0 Å². The van der Waals surface area contributed by atoms with Gasteiger partial charge in [0.2, 0.25) is 5.95 Å². The van der Waals surface area contributed by atoms with Crippen LogP contribution in [0.2, 0.25) is 0 Å². The molecule has 0 amide bonds. The minimum atomic E-state index is 0.767. The third-order valence-electron chi connectivity index (χ3n) is 2.80. The fourth-order valence-electron chi connectivity index (χ4n) is 1.98. The van der Waals surface area contributed by atoms with Gasteiger partial charge < -0.3 is 10.2 Å². The molecule has 0 radical (unpaired) electrons. The third kappa shape index (κ3) is 2.62. The van der Waals surface area contributed by atoms with E-state index in [1.54, 1.807) is 0 Å². The largest absolute Gasteiger partial charge is 0.356 e. The first-order valence-electron chi connectivity index (χ1n) is 6.14. The van der Waals surface area contributed by atoms with Gasteiger partial charge in [0.05, 0.1) is 0 Å². The van der Waals surface area contributed by atoms with Gasteiger partial charge in [0.1, 0.15) is 5.82 Å². The molecule has 0 aliphatic carbocycles. The maximum absolute atomic E-state index is 4.56. The molecule has 16 heavy (non-hydrogen) atoms. The van der Waals surface area contributed by atoms with Crippen LogP contribution in [0.3, 0.4) is 0 Å². The Morgan fingerprint density at radius 2 is 2.06 bits per heavy atom. The highest BCUT2D eigenvalue weighted by Gasteiger charge is 2.14. The number of aromatic nitrogens is 2. The Hall–Kier alpha value is -1.32. The highest BCUT2D eigenvalue weighted by molar-refractivity contribution is 5.45. The zero-order valence-electron chi connectivity index (χ0n) is 10.2. The van der Waals surface area contributed by atoms with Gasteiger partial charge in [-0.05, 0) is 26.2 Å². The Labute approximate surface area is 97.1 Å². The zero-order chi connectivity index (χ0) is 11.4. The van der Waals surface area contributed by atoms with Crippen LogP contribution in [-0.2, 0) is 0 Å². The molecule has 0 atom stereocenters. The summed E-state index contributed by atoms with van der Waals surface area (Å²) in [7, 11) is 0. The molecule has 0 unspecified atom stereocenters. The van der Waals surface area contributed by atoms with Crippen LogP contribution in [0.5, 0.6) is 0 Å². The van der Waals surface area contributed by atoms with E-state index in [4.69, 9.17) is 0 Å². The molecule has 1 N–H and O–H groups in total. The van der Waals surface area contributed by atoms with Gasteiger partial charge in [-0.2, -0.15) is 4.98 Å². The molecule has 1 fully saturated rings. The molecule has 0 spiro atoms. The first kappa shape index (κ1) is 11.2. The van der Waals surface area contributed by atoms with E-state index in [9.17, 15) is 0 Å². The second-order valence-electron chi connectivity index (χ2n) is 4.31. The van der Waals surface area contributed by atoms with Crippen molar-refractivity contribution in [1.29, 1.82) is 0 Å². The summed E-state index contributed by atoms with van der Waals surface area (Å²) in [5.74, 6) is 1.84. The van der Waals surface area contributed by atoms with Gasteiger partial charge in [-0.15, -0.1) is 0 Å². The highest BCUT2D eigenvalue weighted by Crippen LogP contribution is 2.19. The van der Waals surface area contributed by atoms with Crippen LogP contribution >= 0.6 is 0 Å². The quantitative estimate of drug-likeness (QED) is 0.844. The molecule has 88 valence electrons. The average Bonchev–Trinajstić information content (AvgIpc) is 2.79. The maximum atomic E-state index is 4.56. The standard InChI is InChI=1S/C12H20N4/c1-3-6-13-12-14-10(2)9-11(15-12)16-7-4-5-8-16/h9H,3-8H2,1-2H3,(H,13,14,15). The Morgan fingerprint density at radius 3 is 2.75 bits per heavy atom. The first-order chi connectivity index (χ1) is 7.79. The maximum Gasteiger partial charge on any atom is 0.224 e. The number of rotatable bonds is 4. The van der Waals surface area contributed by atoms with Gasteiger partial charge in [-0.3, -0.25) is 0 Å². The van der Waals surface area contributed by atoms with Crippen molar-refractivity contribution in [3.05, 3.63) is 11.8 Å². The van der Waals surface area contributed by atoms with E-state index in [-0.39, 0.29) is 0 Å². The average molecular weight is 220 g/mol. The normalized spacial score (nSPS) is 15.5. The Morgan fingerprint density at radius 1 is 1.31 bits per heavy atom. The monoisotopic (exact) mass is 220 g/mol. The van der Waals surface area contributed by atoms with Crippen LogP contribution in [0.15, 0.2) is 6.07 Å². The number of hydrogen-bond acceptors (Lipinski definition) is 4. The Kier molecular flexibility index (Phi) is 3.59. The molecular formula is C12H20N4. The van der Waals surface area contributed by atoms with Crippen molar-refractivity contribution < 1.29 is 0 Å².